The predicted octanol–water partition coefficient (Wildman–Crippen LogP) is 2.43. The Morgan fingerprint density at radius 2 is 2.00 bits per heavy atom. The van der Waals surface area contributed by atoms with Gasteiger partial charge in [-0.15, -0.1) is 0 Å². The number of nitrogens with zero attached hydrogens (tertiary/aromatic N) is 2. The lowest BCUT2D eigenvalue weighted by atomic mass is 10.2. The lowest BCUT2D eigenvalue weighted by molar-refractivity contribution is 0.664. The van der Waals surface area contributed by atoms with Gasteiger partial charge in [0.1, 0.15) is 0 Å². The standard InChI is InChI=1S/C13H23N3/c1-4-8-14-11-12-10-13(7-9-15-12)16(5-2)6-3/h7,9-10,14H,4-6,8,11H2,1-3H3. The van der Waals surface area contributed by atoms with Crippen LogP contribution in [0, 0.1) is 0 Å². The van der Waals surface area contributed by atoms with Crippen LogP contribution in [0.5, 0.6) is 0 Å². The van der Waals surface area contributed by atoms with Crippen LogP contribution >= 0.6 is 0 Å². The highest BCUT2D eigenvalue weighted by molar-refractivity contribution is 5.46. The second kappa shape index (κ2) is 7.23. The topological polar surface area (TPSA) is 28.2 Å². The van der Waals surface area contributed by atoms with Gasteiger partial charge < -0.3 is 10.2 Å². The first-order valence-corrected chi connectivity index (χ1v) is 6.22. The number of pyridine rings is 1. The first-order valence-electron chi connectivity index (χ1n) is 6.22. The van der Waals surface area contributed by atoms with Crippen LogP contribution < -0.4 is 10.2 Å². The fourth-order valence-corrected chi connectivity index (χ4v) is 1.74. The molecule has 1 aromatic rings. The van der Waals surface area contributed by atoms with Crippen molar-refractivity contribution in [2.24, 2.45) is 0 Å². The molecule has 0 aliphatic heterocycles. The zero-order valence-electron chi connectivity index (χ0n) is 10.7. The van der Waals surface area contributed by atoms with Crippen molar-refractivity contribution < 1.29 is 0 Å². The van der Waals surface area contributed by atoms with Gasteiger partial charge >= 0.3 is 0 Å². The van der Waals surface area contributed by atoms with Crippen LogP contribution in [-0.4, -0.2) is 24.6 Å². The molecule has 0 unspecified atom stereocenters. The summed E-state index contributed by atoms with van der Waals surface area (Å²) in [6.45, 7) is 10.5. The third-order valence-electron chi connectivity index (χ3n) is 2.66. The molecular weight excluding hydrogens is 198 g/mol. The van der Waals surface area contributed by atoms with E-state index in [1.807, 2.05) is 6.20 Å². The van der Waals surface area contributed by atoms with Crippen LogP contribution in [-0.2, 0) is 6.54 Å². The maximum atomic E-state index is 4.37. The van der Waals surface area contributed by atoms with Gasteiger partial charge in [-0.2, -0.15) is 0 Å². The summed E-state index contributed by atoms with van der Waals surface area (Å²) in [5.74, 6) is 0. The molecule has 0 saturated heterocycles. The number of hydrogen-bond acceptors (Lipinski definition) is 3. The Morgan fingerprint density at radius 1 is 1.25 bits per heavy atom. The minimum Gasteiger partial charge on any atom is -0.372 e. The molecule has 16 heavy (non-hydrogen) atoms. The van der Waals surface area contributed by atoms with Gasteiger partial charge in [0.25, 0.3) is 0 Å². The largest absolute Gasteiger partial charge is 0.372 e. The van der Waals surface area contributed by atoms with Crippen LogP contribution in [0.4, 0.5) is 5.69 Å². The van der Waals surface area contributed by atoms with Gasteiger partial charge in [0, 0.05) is 31.5 Å². The summed E-state index contributed by atoms with van der Waals surface area (Å²) in [5, 5.41) is 3.37. The van der Waals surface area contributed by atoms with Crippen molar-refractivity contribution in [1.29, 1.82) is 0 Å². The molecule has 0 bridgehead atoms. The van der Waals surface area contributed by atoms with Crippen molar-refractivity contribution >= 4 is 5.69 Å². The average molecular weight is 221 g/mol. The smallest absolute Gasteiger partial charge is 0.0562 e. The van der Waals surface area contributed by atoms with Crippen LogP contribution in [0.2, 0.25) is 0 Å². The Balaban J connectivity index is 2.62. The quantitative estimate of drug-likeness (QED) is 0.717. The highest BCUT2D eigenvalue weighted by Gasteiger charge is 2.02. The van der Waals surface area contributed by atoms with E-state index in [0.29, 0.717) is 0 Å². The molecule has 0 aliphatic rings. The van der Waals surface area contributed by atoms with Crippen molar-refractivity contribution in [1.82, 2.24) is 10.3 Å². The summed E-state index contributed by atoms with van der Waals surface area (Å²) in [7, 11) is 0. The second-order valence-corrected chi connectivity index (χ2v) is 3.85. The van der Waals surface area contributed by atoms with Crippen molar-refractivity contribution in [2.75, 3.05) is 24.5 Å². The van der Waals surface area contributed by atoms with Gasteiger partial charge in [-0.05, 0) is 38.9 Å². The van der Waals surface area contributed by atoms with Crippen LogP contribution in [0.25, 0.3) is 0 Å². The number of nitrogens with one attached hydrogen (secondary N) is 1. The van der Waals surface area contributed by atoms with E-state index < -0.39 is 0 Å². The van der Waals surface area contributed by atoms with Crippen LogP contribution in [0.15, 0.2) is 18.3 Å². The lowest BCUT2D eigenvalue weighted by Gasteiger charge is -2.21. The molecule has 1 N–H and O–H groups in total. The molecule has 0 radical (unpaired) electrons. The number of anilines is 1. The highest BCUT2D eigenvalue weighted by Crippen LogP contribution is 2.13. The van der Waals surface area contributed by atoms with E-state index in [-0.39, 0.29) is 0 Å². The zero-order chi connectivity index (χ0) is 11.8. The van der Waals surface area contributed by atoms with E-state index in [0.717, 1.165) is 38.3 Å². The van der Waals surface area contributed by atoms with Gasteiger partial charge in [-0.1, -0.05) is 6.92 Å². The molecule has 3 heteroatoms. The maximum Gasteiger partial charge on any atom is 0.0562 e. The molecule has 1 heterocycles. The van der Waals surface area contributed by atoms with E-state index in [1.54, 1.807) is 0 Å². The first-order chi connectivity index (χ1) is 7.81. The molecular formula is C13H23N3. The summed E-state index contributed by atoms with van der Waals surface area (Å²) in [5.41, 5.74) is 2.39. The van der Waals surface area contributed by atoms with Gasteiger partial charge in [0.2, 0.25) is 0 Å². The molecule has 0 atom stereocenters. The van der Waals surface area contributed by atoms with Crippen molar-refractivity contribution in [3.63, 3.8) is 0 Å². The normalized spacial score (nSPS) is 10.4. The number of rotatable bonds is 7. The van der Waals surface area contributed by atoms with Crippen LogP contribution in [0.1, 0.15) is 32.9 Å². The predicted molar refractivity (Wildman–Crippen MR) is 69.8 cm³/mol. The van der Waals surface area contributed by atoms with E-state index in [2.05, 4.69) is 48.1 Å². The summed E-state index contributed by atoms with van der Waals surface area (Å²) in [6, 6.07) is 4.26. The Labute approximate surface area is 98.9 Å². The Morgan fingerprint density at radius 3 is 2.62 bits per heavy atom. The van der Waals surface area contributed by atoms with Gasteiger partial charge in [0.15, 0.2) is 0 Å². The molecule has 0 aromatic carbocycles. The average Bonchev–Trinajstić information content (AvgIpc) is 2.32. The van der Waals surface area contributed by atoms with Gasteiger partial charge in [-0.3, -0.25) is 4.98 Å². The SMILES string of the molecule is CCCNCc1cc(N(CC)CC)ccn1. The molecule has 0 saturated carbocycles. The Kier molecular flexibility index (Phi) is 5.86. The Bertz CT molecular complexity index is 295. The third kappa shape index (κ3) is 3.81. The molecule has 1 aromatic heterocycles. The maximum absolute atomic E-state index is 4.37. The summed E-state index contributed by atoms with van der Waals surface area (Å²) >= 11 is 0. The summed E-state index contributed by atoms with van der Waals surface area (Å²) in [4.78, 5) is 6.71. The minimum atomic E-state index is 0.864. The van der Waals surface area contributed by atoms with Gasteiger partial charge in [0.05, 0.1) is 5.69 Å². The summed E-state index contributed by atoms with van der Waals surface area (Å²) in [6.07, 6.45) is 3.06. The molecule has 0 fully saturated rings. The van der Waals surface area contributed by atoms with E-state index >= 15 is 0 Å². The number of aromatic nitrogens is 1. The summed E-state index contributed by atoms with van der Waals surface area (Å²) < 4.78 is 0. The molecule has 0 amide bonds. The van der Waals surface area contributed by atoms with Gasteiger partial charge in [-0.25, -0.2) is 0 Å². The Hall–Kier alpha value is -1.09. The lowest BCUT2D eigenvalue weighted by Crippen LogP contribution is -2.22. The second-order valence-electron chi connectivity index (χ2n) is 3.85. The van der Waals surface area contributed by atoms with E-state index in [9.17, 15) is 0 Å². The van der Waals surface area contributed by atoms with E-state index in [1.165, 1.54) is 5.69 Å². The monoisotopic (exact) mass is 221 g/mol. The molecule has 1 rings (SSSR count). The molecule has 3 nitrogen and oxygen atoms in total. The first kappa shape index (κ1) is 13.0. The van der Waals surface area contributed by atoms with Crippen molar-refractivity contribution in [3.8, 4) is 0 Å². The van der Waals surface area contributed by atoms with Crippen molar-refractivity contribution in [3.05, 3.63) is 24.0 Å². The fraction of sp³-hybridized carbons (Fsp3) is 0.615. The minimum absolute atomic E-state index is 0.864. The third-order valence-corrected chi connectivity index (χ3v) is 2.66. The van der Waals surface area contributed by atoms with Crippen LogP contribution in [0.3, 0.4) is 0 Å². The molecule has 0 spiro atoms. The van der Waals surface area contributed by atoms with Crippen molar-refractivity contribution in [2.45, 2.75) is 33.7 Å². The fourth-order valence-electron chi connectivity index (χ4n) is 1.74. The number of hydrogen-bond donors (Lipinski definition) is 1. The molecule has 0 aliphatic carbocycles. The van der Waals surface area contributed by atoms with E-state index in [4.69, 9.17) is 0 Å². The highest BCUT2D eigenvalue weighted by atomic mass is 15.1. The molecule has 90 valence electrons. The zero-order valence-corrected chi connectivity index (χ0v) is 10.7.